The minimum absolute atomic E-state index is 0.0317. The van der Waals surface area contributed by atoms with Gasteiger partial charge in [-0.15, -0.1) is 0 Å². The maximum atomic E-state index is 11.7. The zero-order valence-corrected chi connectivity index (χ0v) is 10.8. The molecule has 0 saturated heterocycles. The van der Waals surface area contributed by atoms with Crippen LogP contribution in [0.1, 0.15) is 10.5 Å². The van der Waals surface area contributed by atoms with E-state index in [0.29, 0.717) is 0 Å². The van der Waals surface area contributed by atoms with Crippen LogP contribution in [0, 0.1) is 0 Å². The lowest BCUT2D eigenvalue weighted by atomic mass is 10.3. The number of nitrogens with two attached hydrogens (primary N) is 1. The van der Waals surface area contributed by atoms with Crippen LogP contribution in [0.2, 0.25) is 0 Å². The minimum Gasteiger partial charge on any atom is -0.476 e. The van der Waals surface area contributed by atoms with Gasteiger partial charge in [-0.05, 0) is 12.1 Å². The van der Waals surface area contributed by atoms with Crippen LogP contribution in [0.3, 0.4) is 0 Å². The number of sulfone groups is 1. The number of para-hydroxylation sites is 1. The zero-order valence-electron chi connectivity index (χ0n) is 9.94. The summed E-state index contributed by atoms with van der Waals surface area (Å²) in [4.78, 5) is 10.9. The van der Waals surface area contributed by atoms with Gasteiger partial charge in [0.2, 0.25) is 0 Å². The molecule has 0 amide bonds. The van der Waals surface area contributed by atoms with Crippen LogP contribution >= 0.6 is 0 Å². The van der Waals surface area contributed by atoms with Crippen molar-refractivity contribution in [2.75, 3.05) is 12.0 Å². The third-order valence-corrected chi connectivity index (χ3v) is 3.60. The van der Waals surface area contributed by atoms with E-state index in [1.165, 1.54) is 18.3 Å². The average molecular weight is 281 g/mol. The van der Waals surface area contributed by atoms with Crippen molar-refractivity contribution >= 4 is 21.5 Å². The number of anilines is 1. The summed E-state index contributed by atoms with van der Waals surface area (Å²) in [7, 11) is -3.45. The summed E-state index contributed by atoms with van der Waals surface area (Å²) in [5.74, 6) is -1.27. The summed E-state index contributed by atoms with van der Waals surface area (Å²) >= 11 is 0. The number of aromatic carboxylic acids is 1. The molecule has 1 aromatic heterocycles. The topological polar surface area (TPSA) is 115 Å². The number of nitrogen functional groups attached to an aromatic ring is 1. The van der Waals surface area contributed by atoms with Gasteiger partial charge in [0.15, 0.2) is 15.5 Å². The van der Waals surface area contributed by atoms with Crippen molar-refractivity contribution in [3.8, 4) is 5.69 Å². The van der Waals surface area contributed by atoms with Crippen molar-refractivity contribution in [2.24, 2.45) is 0 Å². The van der Waals surface area contributed by atoms with Crippen molar-refractivity contribution in [3.63, 3.8) is 0 Å². The average Bonchev–Trinajstić information content (AvgIpc) is 2.70. The molecule has 0 aliphatic heterocycles. The van der Waals surface area contributed by atoms with E-state index in [2.05, 4.69) is 5.10 Å². The Morgan fingerprint density at radius 2 is 2.00 bits per heavy atom. The standard InChI is InChI=1S/C11H11N3O4S/c1-19(17,18)9-5-3-2-4-8(9)14-6-7(12)10(13-14)11(15)16/h2-6H,12H2,1H3,(H,15,16). The number of carboxylic acids is 1. The van der Waals surface area contributed by atoms with Crippen molar-refractivity contribution in [3.05, 3.63) is 36.2 Å². The van der Waals surface area contributed by atoms with Crippen LogP contribution in [-0.4, -0.2) is 35.5 Å². The number of aromatic nitrogens is 2. The summed E-state index contributed by atoms with van der Waals surface area (Å²) in [6, 6.07) is 6.14. The summed E-state index contributed by atoms with van der Waals surface area (Å²) in [6.07, 6.45) is 2.34. The van der Waals surface area contributed by atoms with E-state index in [1.54, 1.807) is 12.1 Å². The molecule has 2 aromatic rings. The molecule has 100 valence electrons. The Bertz CT molecular complexity index is 749. The van der Waals surface area contributed by atoms with Crippen molar-refractivity contribution in [1.82, 2.24) is 9.78 Å². The highest BCUT2D eigenvalue weighted by atomic mass is 32.2. The maximum Gasteiger partial charge on any atom is 0.358 e. The third kappa shape index (κ3) is 2.43. The molecule has 1 aromatic carbocycles. The third-order valence-electron chi connectivity index (χ3n) is 2.46. The second kappa shape index (κ2) is 4.39. The molecule has 0 atom stereocenters. The number of hydrogen-bond acceptors (Lipinski definition) is 5. The van der Waals surface area contributed by atoms with Gasteiger partial charge < -0.3 is 10.8 Å². The fraction of sp³-hybridized carbons (Fsp3) is 0.0909. The van der Waals surface area contributed by atoms with Crippen LogP contribution in [0.25, 0.3) is 5.69 Å². The Labute approximate surface area is 109 Å². The van der Waals surface area contributed by atoms with Gasteiger partial charge in [-0.3, -0.25) is 0 Å². The first-order chi connectivity index (χ1) is 8.80. The summed E-state index contributed by atoms with van der Waals surface area (Å²) in [5, 5.41) is 12.7. The SMILES string of the molecule is CS(=O)(=O)c1ccccc1-n1cc(N)c(C(=O)O)n1. The number of hydrogen-bond donors (Lipinski definition) is 2. The van der Waals surface area contributed by atoms with Crippen LogP contribution < -0.4 is 5.73 Å². The van der Waals surface area contributed by atoms with Gasteiger partial charge in [-0.2, -0.15) is 5.10 Å². The van der Waals surface area contributed by atoms with Crippen molar-refractivity contribution < 1.29 is 18.3 Å². The van der Waals surface area contributed by atoms with E-state index in [4.69, 9.17) is 10.8 Å². The van der Waals surface area contributed by atoms with E-state index in [-0.39, 0.29) is 22.0 Å². The number of benzene rings is 1. The fourth-order valence-electron chi connectivity index (χ4n) is 1.64. The van der Waals surface area contributed by atoms with Crippen molar-refractivity contribution in [2.45, 2.75) is 4.90 Å². The molecule has 0 unspecified atom stereocenters. The van der Waals surface area contributed by atoms with E-state index >= 15 is 0 Å². The molecule has 0 bridgehead atoms. The van der Waals surface area contributed by atoms with E-state index < -0.39 is 15.8 Å². The first-order valence-corrected chi connectivity index (χ1v) is 7.07. The van der Waals surface area contributed by atoms with E-state index in [9.17, 15) is 13.2 Å². The summed E-state index contributed by atoms with van der Waals surface area (Å²) in [6.45, 7) is 0. The van der Waals surface area contributed by atoms with Crippen LogP contribution in [0.4, 0.5) is 5.69 Å². The monoisotopic (exact) mass is 281 g/mol. The Morgan fingerprint density at radius 3 is 2.53 bits per heavy atom. The molecule has 0 aliphatic carbocycles. The quantitative estimate of drug-likeness (QED) is 0.849. The highest BCUT2D eigenvalue weighted by Gasteiger charge is 2.18. The largest absolute Gasteiger partial charge is 0.476 e. The maximum absolute atomic E-state index is 11.7. The molecule has 2 rings (SSSR count). The molecule has 3 N–H and O–H groups in total. The van der Waals surface area contributed by atoms with E-state index in [1.807, 2.05) is 0 Å². The highest BCUT2D eigenvalue weighted by Crippen LogP contribution is 2.21. The molecule has 19 heavy (non-hydrogen) atoms. The van der Waals surface area contributed by atoms with Crippen LogP contribution in [-0.2, 0) is 9.84 Å². The number of nitrogens with zero attached hydrogens (tertiary/aromatic N) is 2. The predicted octanol–water partition coefficient (Wildman–Crippen LogP) is 0.556. The fourth-order valence-corrected chi connectivity index (χ4v) is 2.50. The summed E-state index contributed by atoms with van der Waals surface area (Å²) < 4.78 is 24.5. The molecule has 0 radical (unpaired) electrons. The van der Waals surface area contributed by atoms with Crippen molar-refractivity contribution in [1.29, 1.82) is 0 Å². The Morgan fingerprint density at radius 1 is 1.37 bits per heavy atom. The van der Waals surface area contributed by atoms with Crippen LogP contribution in [0.5, 0.6) is 0 Å². The second-order valence-corrected chi connectivity index (χ2v) is 5.91. The second-order valence-electron chi connectivity index (χ2n) is 3.92. The van der Waals surface area contributed by atoms with Gasteiger partial charge >= 0.3 is 5.97 Å². The smallest absolute Gasteiger partial charge is 0.358 e. The number of carboxylic acid groups (broad SMARTS) is 1. The normalized spacial score (nSPS) is 11.4. The molecule has 1 heterocycles. The molecule has 8 heteroatoms. The van der Waals surface area contributed by atoms with Gasteiger partial charge in [-0.1, -0.05) is 12.1 Å². The molecule has 7 nitrogen and oxygen atoms in total. The van der Waals surface area contributed by atoms with E-state index in [0.717, 1.165) is 10.9 Å². The van der Waals surface area contributed by atoms with Gasteiger partial charge in [-0.25, -0.2) is 17.9 Å². The summed E-state index contributed by atoms with van der Waals surface area (Å²) in [5.41, 5.74) is 5.43. The molecular formula is C11H11N3O4S. The number of rotatable bonds is 3. The van der Waals surface area contributed by atoms with Gasteiger partial charge in [0.1, 0.15) is 0 Å². The molecule has 0 aliphatic rings. The molecule has 0 spiro atoms. The zero-order chi connectivity index (χ0) is 14.2. The molecule has 0 saturated carbocycles. The first kappa shape index (κ1) is 13.1. The lowest BCUT2D eigenvalue weighted by Gasteiger charge is -2.06. The predicted molar refractivity (Wildman–Crippen MR) is 68.0 cm³/mol. The van der Waals surface area contributed by atoms with Gasteiger partial charge in [0.25, 0.3) is 0 Å². The Balaban J connectivity index is 2.67. The highest BCUT2D eigenvalue weighted by molar-refractivity contribution is 7.90. The molecule has 0 fully saturated rings. The lowest BCUT2D eigenvalue weighted by Crippen LogP contribution is -2.07. The first-order valence-electron chi connectivity index (χ1n) is 5.18. The Kier molecular flexibility index (Phi) is 3.03. The van der Waals surface area contributed by atoms with Crippen LogP contribution in [0.15, 0.2) is 35.4 Å². The lowest BCUT2D eigenvalue weighted by molar-refractivity contribution is 0.0691. The van der Waals surface area contributed by atoms with Gasteiger partial charge in [0, 0.05) is 6.26 Å². The molecular weight excluding hydrogens is 270 g/mol. The minimum atomic E-state index is -3.45. The van der Waals surface area contributed by atoms with Gasteiger partial charge in [0.05, 0.1) is 22.5 Å². The Hall–Kier alpha value is -2.35. The number of carbonyl (C=O) groups is 1.